The second-order valence-corrected chi connectivity index (χ2v) is 7.20. The van der Waals surface area contributed by atoms with E-state index in [9.17, 15) is 9.18 Å². The van der Waals surface area contributed by atoms with Gasteiger partial charge < -0.3 is 4.90 Å². The number of hydrogen-bond acceptors (Lipinski definition) is 2. The molecule has 0 saturated heterocycles. The van der Waals surface area contributed by atoms with Crippen LogP contribution in [0.15, 0.2) is 24.3 Å². The highest BCUT2D eigenvalue weighted by molar-refractivity contribution is 5.93. The van der Waals surface area contributed by atoms with Crippen LogP contribution in [0.1, 0.15) is 61.0 Å². The number of nitrogens with zero attached hydrogens (tertiary/aromatic N) is 3. The number of carbonyl (C=O) groups is 1. The summed E-state index contributed by atoms with van der Waals surface area (Å²) in [5.74, 6) is 0.219. The highest BCUT2D eigenvalue weighted by Gasteiger charge is 2.30. The number of halogens is 1. The lowest BCUT2D eigenvalue weighted by molar-refractivity contribution is 0.0664. The van der Waals surface area contributed by atoms with Crippen LogP contribution in [0.5, 0.6) is 0 Å². The number of fused-ring (bicyclic) bond motifs is 1. The molecule has 25 heavy (non-hydrogen) atoms. The molecule has 4 nitrogen and oxygen atoms in total. The first-order chi connectivity index (χ1) is 11.9. The average molecular weight is 343 g/mol. The molecule has 134 valence electrons. The van der Waals surface area contributed by atoms with Crippen molar-refractivity contribution in [3.05, 3.63) is 52.6 Å². The molecule has 2 aromatic rings. The Morgan fingerprint density at radius 1 is 1.36 bits per heavy atom. The molecule has 1 aliphatic heterocycles. The molecule has 0 radical (unpaired) electrons. The first kappa shape index (κ1) is 17.6. The third kappa shape index (κ3) is 3.46. The van der Waals surface area contributed by atoms with Gasteiger partial charge in [-0.3, -0.25) is 9.48 Å². The van der Waals surface area contributed by atoms with Gasteiger partial charge in [0.1, 0.15) is 11.5 Å². The SMILES string of the molecule is CCn1nc(CC(C)C)cc1C(=O)N1CCc2ccc(F)cc2[C@@H]1C. The minimum atomic E-state index is -0.252. The number of carbonyl (C=O) groups excluding carboxylic acids is 1. The summed E-state index contributed by atoms with van der Waals surface area (Å²) in [6.45, 7) is 9.55. The third-order valence-electron chi connectivity index (χ3n) is 4.88. The van der Waals surface area contributed by atoms with Gasteiger partial charge in [0.2, 0.25) is 0 Å². The Morgan fingerprint density at radius 2 is 2.12 bits per heavy atom. The molecule has 2 heterocycles. The van der Waals surface area contributed by atoms with Gasteiger partial charge in [0.25, 0.3) is 5.91 Å². The van der Waals surface area contributed by atoms with Crippen LogP contribution in [-0.2, 0) is 19.4 Å². The normalized spacial score (nSPS) is 17.0. The summed E-state index contributed by atoms with van der Waals surface area (Å²) in [7, 11) is 0. The van der Waals surface area contributed by atoms with Crippen molar-refractivity contribution >= 4 is 5.91 Å². The third-order valence-corrected chi connectivity index (χ3v) is 4.88. The first-order valence-electron chi connectivity index (χ1n) is 9.06. The molecule has 0 unspecified atom stereocenters. The van der Waals surface area contributed by atoms with Gasteiger partial charge in [0.05, 0.1) is 11.7 Å². The van der Waals surface area contributed by atoms with E-state index in [1.165, 1.54) is 6.07 Å². The van der Waals surface area contributed by atoms with Crippen molar-refractivity contribution in [3.63, 3.8) is 0 Å². The van der Waals surface area contributed by atoms with Gasteiger partial charge >= 0.3 is 0 Å². The fourth-order valence-electron chi connectivity index (χ4n) is 3.61. The minimum absolute atomic E-state index is 0.0215. The molecule has 0 bridgehead atoms. The lowest BCUT2D eigenvalue weighted by atomic mass is 9.93. The van der Waals surface area contributed by atoms with Crippen LogP contribution in [-0.4, -0.2) is 27.1 Å². The molecule has 3 rings (SSSR count). The monoisotopic (exact) mass is 343 g/mol. The number of rotatable bonds is 4. The Bertz CT molecular complexity index is 781. The van der Waals surface area contributed by atoms with Crippen molar-refractivity contribution < 1.29 is 9.18 Å². The second-order valence-electron chi connectivity index (χ2n) is 7.20. The van der Waals surface area contributed by atoms with E-state index in [1.807, 2.05) is 30.9 Å². The van der Waals surface area contributed by atoms with E-state index in [0.717, 1.165) is 29.7 Å². The van der Waals surface area contributed by atoms with E-state index in [4.69, 9.17) is 0 Å². The highest BCUT2D eigenvalue weighted by atomic mass is 19.1. The van der Waals surface area contributed by atoms with Gasteiger partial charge in [-0.2, -0.15) is 5.10 Å². The number of aromatic nitrogens is 2. The molecule has 1 amide bonds. The van der Waals surface area contributed by atoms with Crippen molar-refractivity contribution in [1.82, 2.24) is 14.7 Å². The molecule has 0 spiro atoms. The van der Waals surface area contributed by atoms with E-state index in [-0.39, 0.29) is 17.8 Å². The van der Waals surface area contributed by atoms with Crippen LogP contribution in [0.25, 0.3) is 0 Å². The van der Waals surface area contributed by atoms with E-state index < -0.39 is 0 Å². The Balaban J connectivity index is 1.90. The maximum Gasteiger partial charge on any atom is 0.272 e. The van der Waals surface area contributed by atoms with Crippen molar-refractivity contribution in [3.8, 4) is 0 Å². The molecule has 1 aromatic carbocycles. The van der Waals surface area contributed by atoms with Crippen LogP contribution in [0.2, 0.25) is 0 Å². The largest absolute Gasteiger partial charge is 0.330 e. The summed E-state index contributed by atoms with van der Waals surface area (Å²) in [5.41, 5.74) is 3.62. The maximum atomic E-state index is 13.6. The Morgan fingerprint density at radius 3 is 2.80 bits per heavy atom. The van der Waals surface area contributed by atoms with Crippen molar-refractivity contribution in [2.45, 2.75) is 53.1 Å². The van der Waals surface area contributed by atoms with Crippen LogP contribution in [0, 0.1) is 11.7 Å². The highest BCUT2D eigenvalue weighted by Crippen LogP contribution is 2.31. The quantitative estimate of drug-likeness (QED) is 0.841. The lowest BCUT2D eigenvalue weighted by Gasteiger charge is -2.35. The summed E-state index contributed by atoms with van der Waals surface area (Å²) in [6.07, 6.45) is 1.61. The van der Waals surface area contributed by atoms with Gasteiger partial charge in [-0.05, 0) is 61.9 Å². The van der Waals surface area contributed by atoms with Crippen LogP contribution >= 0.6 is 0 Å². The van der Waals surface area contributed by atoms with Crippen molar-refractivity contribution in [2.75, 3.05) is 6.54 Å². The van der Waals surface area contributed by atoms with E-state index >= 15 is 0 Å². The molecule has 1 aromatic heterocycles. The maximum absolute atomic E-state index is 13.6. The van der Waals surface area contributed by atoms with Gasteiger partial charge in [0.15, 0.2) is 0 Å². The molecule has 0 N–H and O–H groups in total. The van der Waals surface area contributed by atoms with Crippen LogP contribution in [0.3, 0.4) is 0 Å². The standard InChI is InChI=1S/C20H26FN3O/c1-5-24-19(12-17(22-24)10-13(2)3)20(25)23-9-8-15-6-7-16(21)11-18(15)14(23)4/h6-7,11-14H,5,8-10H2,1-4H3/t14-/m0/s1. The van der Waals surface area contributed by atoms with Crippen LogP contribution < -0.4 is 0 Å². The molecular weight excluding hydrogens is 317 g/mol. The van der Waals surface area contributed by atoms with E-state index in [2.05, 4.69) is 18.9 Å². The van der Waals surface area contributed by atoms with Crippen molar-refractivity contribution in [2.24, 2.45) is 5.92 Å². The Hall–Kier alpha value is -2.17. The topological polar surface area (TPSA) is 38.1 Å². The molecule has 5 heteroatoms. The summed E-state index contributed by atoms with van der Waals surface area (Å²) >= 11 is 0. The van der Waals surface area contributed by atoms with Gasteiger partial charge in [0, 0.05) is 13.1 Å². The zero-order valence-corrected chi connectivity index (χ0v) is 15.4. The van der Waals surface area contributed by atoms with Gasteiger partial charge in [-0.15, -0.1) is 0 Å². The zero-order valence-electron chi connectivity index (χ0n) is 15.4. The fraction of sp³-hybridized carbons (Fsp3) is 0.500. The average Bonchev–Trinajstić information content (AvgIpc) is 2.97. The second kappa shape index (κ2) is 6.98. The molecule has 0 fully saturated rings. The van der Waals surface area contributed by atoms with E-state index in [1.54, 1.807) is 10.7 Å². The summed E-state index contributed by atoms with van der Waals surface area (Å²) in [6, 6.07) is 6.66. The summed E-state index contributed by atoms with van der Waals surface area (Å²) < 4.78 is 15.4. The number of hydrogen-bond donors (Lipinski definition) is 0. The zero-order chi connectivity index (χ0) is 18.1. The first-order valence-corrected chi connectivity index (χ1v) is 9.06. The predicted octanol–water partition coefficient (Wildman–Crippen LogP) is 4.00. The molecule has 1 atom stereocenters. The number of benzene rings is 1. The van der Waals surface area contributed by atoms with Gasteiger partial charge in [-0.1, -0.05) is 19.9 Å². The van der Waals surface area contributed by atoms with E-state index in [0.29, 0.717) is 24.7 Å². The Kier molecular flexibility index (Phi) is 4.93. The number of aryl methyl sites for hydroxylation is 1. The van der Waals surface area contributed by atoms with Crippen LogP contribution in [0.4, 0.5) is 4.39 Å². The van der Waals surface area contributed by atoms with Crippen molar-refractivity contribution in [1.29, 1.82) is 0 Å². The number of amides is 1. The summed E-state index contributed by atoms with van der Waals surface area (Å²) in [5, 5.41) is 4.58. The molecule has 1 aliphatic rings. The Labute approximate surface area is 148 Å². The molecule has 0 aliphatic carbocycles. The molecule has 0 saturated carbocycles. The van der Waals surface area contributed by atoms with Gasteiger partial charge in [-0.25, -0.2) is 4.39 Å². The smallest absolute Gasteiger partial charge is 0.272 e. The summed E-state index contributed by atoms with van der Waals surface area (Å²) in [4.78, 5) is 15.0. The lowest BCUT2D eigenvalue weighted by Crippen LogP contribution is -2.39. The predicted molar refractivity (Wildman–Crippen MR) is 96.0 cm³/mol. The minimum Gasteiger partial charge on any atom is -0.330 e. The molecular formula is C20H26FN3O. The fourth-order valence-corrected chi connectivity index (χ4v) is 3.61.